The van der Waals surface area contributed by atoms with E-state index in [-0.39, 0.29) is 11.6 Å². The van der Waals surface area contributed by atoms with E-state index in [1.54, 1.807) is 36.4 Å². The predicted octanol–water partition coefficient (Wildman–Crippen LogP) is 4.51. The van der Waals surface area contributed by atoms with Gasteiger partial charge in [-0.25, -0.2) is 4.39 Å². The summed E-state index contributed by atoms with van der Waals surface area (Å²) in [5.74, 6) is 0.0760. The first-order valence-electron chi connectivity index (χ1n) is 7.68. The molecule has 3 nitrogen and oxygen atoms in total. The van der Waals surface area contributed by atoms with Crippen LogP contribution < -0.4 is 4.74 Å². The number of hydrogen-bond donors (Lipinski definition) is 0. The first-order chi connectivity index (χ1) is 12.2. The lowest BCUT2D eigenvalue weighted by Crippen LogP contribution is -2.01. The summed E-state index contributed by atoms with van der Waals surface area (Å²) < 4.78 is 18.6. The van der Waals surface area contributed by atoms with Crippen LogP contribution in [0.5, 0.6) is 5.75 Å². The Bertz CT molecular complexity index is 925. The van der Waals surface area contributed by atoms with E-state index < -0.39 is 0 Å². The molecule has 0 heterocycles. The van der Waals surface area contributed by atoms with Crippen LogP contribution in [0.1, 0.15) is 27.0 Å². The topological polar surface area (TPSA) is 50.1 Å². The average Bonchev–Trinajstić information content (AvgIpc) is 2.67. The lowest BCUT2D eigenvalue weighted by Gasteiger charge is -2.07. The van der Waals surface area contributed by atoms with Crippen molar-refractivity contribution in [2.75, 3.05) is 0 Å². The van der Waals surface area contributed by atoms with Crippen molar-refractivity contribution in [2.24, 2.45) is 0 Å². The Hall–Kier alpha value is -3.45. The van der Waals surface area contributed by atoms with Crippen molar-refractivity contribution in [3.05, 3.63) is 101 Å². The molecule has 0 aromatic heterocycles. The Balaban J connectivity index is 1.66. The molecule has 0 fully saturated rings. The number of benzene rings is 3. The van der Waals surface area contributed by atoms with Gasteiger partial charge < -0.3 is 4.74 Å². The maximum absolute atomic E-state index is 12.9. The highest BCUT2D eigenvalue weighted by Gasteiger charge is 2.09. The summed E-state index contributed by atoms with van der Waals surface area (Å²) in [4.78, 5) is 12.3. The van der Waals surface area contributed by atoms with Crippen molar-refractivity contribution in [1.29, 1.82) is 5.26 Å². The smallest absolute Gasteiger partial charge is 0.193 e. The van der Waals surface area contributed by atoms with Gasteiger partial charge in [0.15, 0.2) is 5.78 Å². The molecule has 25 heavy (non-hydrogen) atoms. The lowest BCUT2D eigenvalue weighted by molar-refractivity contribution is 0.103. The second kappa shape index (κ2) is 7.41. The third kappa shape index (κ3) is 4.10. The number of halogens is 1. The summed E-state index contributed by atoms with van der Waals surface area (Å²) in [6, 6.07) is 21.5. The maximum atomic E-state index is 12.9. The zero-order chi connectivity index (χ0) is 17.6. The average molecular weight is 331 g/mol. The molecule has 3 aromatic rings. The number of nitriles is 1. The second-order valence-electron chi connectivity index (χ2n) is 5.46. The summed E-state index contributed by atoms with van der Waals surface area (Å²) in [5.41, 5.74) is 2.42. The van der Waals surface area contributed by atoms with Crippen molar-refractivity contribution in [2.45, 2.75) is 6.61 Å². The van der Waals surface area contributed by atoms with Crippen LogP contribution in [-0.4, -0.2) is 5.78 Å². The van der Waals surface area contributed by atoms with Gasteiger partial charge in [-0.3, -0.25) is 4.79 Å². The van der Waals surface area contributed by atoms with Crippen molar-refractivity contribution in [1.82, 2.24) is 0 Å². The fourth-order valence-corrected chi connectivity index (χ4v) is 2.37. The molecule has 3 rings (SSSR count). The van der Waals surface area contributed by atoms with Crippen molar-refractivity contribution in [3.63, 3.8) is 0 Å². The van der Waals surface area contributed by atoms with Crippen molar-refractivity contribution >= 4 is 5.78 Å². The summed E-state index contributed by atoms with van der Waals surface area (Å²) in [5, 5.41) is 8.90. The lowest BCUT2D eigenvalue weighted by atomic mass is 10.0. The van der Waals surface area contributed by atoms with E-state index in [1.165, 1.54) is 24.3 Å². The molecule has 0 unspecified atom stereocenters. The van der Waals surface area contributed by atoms with E-state index in [0.717, 1.165) is 5.56 Å². The molecule has 122 valence electrons. The molecule has 0 aliphatic rings. The van der Waals surface area contributed by atoms with Gasteiger partial charge in [0.1, 0.15) is 18.2 Å². The van der Waals surface area contributed by atoms with Crippen LogP contribution in [0.15, 0.2) is 72.8 Å². The molecule has 0 spiro atoms. The summed E-state index contributed by atoms with van der Waals surface area (Å²) in [6.45, 7) is 0.334. The van der Waals surface area contributed by atoms with Crippen LogP contribution in [-0.2, 0) is 6.61 Å². The zero-order valence-corrected chi connectivity index (χ0v) is 13.3. The number of rotatable bonds is 5. The minimum atomic E-state index is -0.374. The monoisotopic (exact) mass is 331 g/mol. The standard InChI is InChI=1S/C21H14FNO2/c22-19-8-4-17(5-9-19)21(24)18-6-10-20(11-7-18)25-14-16-3-1-2-15(12-16)13-23/h1-12H,14H2. The van der Waals surface area contributed by atoms with Crippen LogP contribution >= 0.6 is 0 Å². The number of carbonyl (C=O) groups excluding carboxylic acids is 1. The van der Waals surface area contributed by atoms with Gasteiger partial charge in [0, 0.05) is 11.1 Å². The van der Waals surface area contributed by atoms with E-state index in [9.17, 15) is 9.18 Å². The van der Waals surface area contributed by atoms with Crippen LogP contribution in [0.25, 0.3) is 0 Å². The molecule has 0 radical (unpaired) electrons. The Labute approximate surface area is 144 Å². The van der Waals surface area contributed by atoms with Crippen LogP contribution in [0.2, 0.25) is 0 Å². The number of nitrogens with zero attached hydrogens (tertiary/aromatic N) is 1. The van der Waals surface area contributed by atoms with Crippen LogP contribution in [0.3, 0.4) is 0 Å². The quantitative estimate of drug-likeness (QED) is 0.647. The normalized spacial score (nSPS) is 10.1. The highest BCUT2D eigenvalue weighted by Crippen LogP contribution is 2.17. The number of hydrogen-bond acceptors (Lipinski definition) is 3. The molecule has 0 bridgehead atoms. The zero-order valence-electron chi connectivity index (χ0n) is 13.3. The largest absolute Gasteiger partial charge is 0.489 e. The van der Waals surface area contributed by atoms with Gasteiger partial charge in [-0.15, -0.1) is 0 Å². The van der Waals surface area contributed by atoms with Crippen LogP contribution in [0.4, 0.5) is 4.39 Å². The molecule has 0 aliphatic heterocycles. The van der Waals surface area contributed by atoms with Gasteiger partial charge >= 0.3 is 0 Å². The minimum Gasteiger partial charge on any atom is -0.489 e. The van der Waals surface area contributed by atoms with E-state index in [2.05, 4.69) is 6.07 Å². The Morgan fingerprint density at radius 3 is 2.24 bits per heavy atom. The highest BCUT2D eigenvalue weighted by atomic mass is 19.1. The molecule has 3 aromatic carbocycles. The Kier molecular flexibility index (Phi) is 4.87. The predicted molar refractivity (Wildman–Crippen MR) is 91.8 cm³/mol. The fraction of sp³-hybridized carbons (Fsp3) is 0.0476. The first kappa shape index (κ1) is 16.4. The molecule has 0 aliphatic carbocycles. The third-order valence-corrected chi connectivity index (χ3v) is 3.68. The third-order valence-electron chi connectivity index (χ3n) is 3.68. The van der Waals surface area contributed by atoms with E-state index in [0.29, 0.717) is 29.0 Å². The maximum Gasteiger partial charge on any atom is 0.193 e. The molecule has 0 saturated heterocycles. The van der Waals surface area contributed by atoms with Crippen molar-refractivity contribution in [3.8, 4) is 11.8 Å². The first-order valence-corrected chi connectivity index (χ1v) is 7.68. The van der Waals surface area contributed by atoms with E-state index in [1.807, 2.05) is 12.1 Å². The molecular weight excluding hydrogens is 317 g/mol. The van der Waals surface area contributed by atoms with Crippen LogP contribution in [0, 0.1) is 17.1 Å². The molecule has 0 atom stereocenters. The molecular formula is C21H14FNO2. The minimum absolute atomic E-state index is 0.173. The Morgan fingerprint density at radius 2 is 1.60 bits per heavy atom. The number of ketones is 1. The summed E-state index contributed by atoms with van der Waals surface area (Å²) >= 11 is 0. The fourth-order valence-electron chi connectivity index (χ4n) is 2.37. The Morgan fingerprint density at radius 1 is 0.960 bits per heavy atom. The SMILES string of the molecule is N#Cc1cccc(COc2ccc(C(=O)c3ccc(F)cc3)cc2)c1. The van der Waals surface area contributed by atoms with Gasteiger partial charge in [-0.2, -0.15) is 5.26 Å². The molecule has 4 heteroatoms. The number of carbonyl (C=O) groups is 1. The second-order valence-corrected chi connectivity index (χ2v) is 5.46. The molecule has 0 saturated carbocycles. The van der Waals surface area contributed by atoms with Gasteiger partial charge in [-0.1, -0.05) is 12.1 Å². The van der Waals surface area contributed by atoms with Gasteiger partial charge in [0.05, 0.1) is 11.6 Å². The van der Waals surface area contributed by atoms with E-state index in [4.69, 9.17) is 10.00 Å². The van der Waals surface area contributed by atoms with Gasteiger partial charge in [-0.05, 0) is 66.2 Å². The summed E-state index contributed by atoms with van der Waals surface area (Å²) in [6.07, 6.45) is 0. The summed E-state index contributed by atoms with van der Waals surface area (Å²) in [7, 11) is 0. The van der Waals surface area contributed by atoms with Gasteiger partial charge in [0.25, 0.3) is 0 Å². The van der Waals surface area contributed by atoms with Crippen molar-refractivity contribution < 1.29 is 13.9 Å². The number of ether oxygens (including phenoxy) is 1. The van der Waals surface area contributed by atoms with E-state index >= 15 is 0 Å². The highest BCUT2D eigenvalue weighted by molar-refractivity contribution is 6.08. The van der Waals surface area contributed by atoms with Gasteiger partial charge in [0.2, 0.25) is 0 Å². The molecule has 0 N–H and O–H groups in total. The molecule has 0 amide bonds.